The lowest BCUT2D eigenvalue weighted by atomic mass is 9.65. The summed E-state index contributed by atoms with van der Waals surface area (Å²) in [7, 11) is 1.36. The van der Waals surface area contributed by atoms with E-state index in [1.165, 1.54) is 7.11 Å². The summed E-state index contributed by atoms with van der Waals surface area (Å²) >= 11 is 0. The van der Waals surface area contributed by atoms with Crippen LogP contribution in [0.4, 0.5) is 0 Å². The van der Waals surface area contributed by atoms with E-state index in [2.05, 4.69) is 6.92 Å². The van der Waals surface area contributed by atoms with Crippen LogP contribution in [0, 0.1) is 5.41 Å². The third kappa shape index (κ3) is 5.21. The summed E-state index contributed by atoms with van der Waals surface area (Å²) in [6.07, 6.45) is 5.72. The molecule has 0 saturated carbocycles. The van der Waals surface area contributed by atoms with Gasteiger partial charge in [-0.15, -0.1) is 0 Å². The number of methoxy groups -OCH3 is 1. The molecule has 1 aromatic carbocycles. The van der Waals surface area contributed by atoms with Crippen LogP contribution < -0.4 is 0 Å². The van der Waals surface area contributed by atoms with Crippen LogP contribution in [0.5, 0.6) is 0 Å². The van der Waals surface area contributed by atoms with E-state index in [1.807, 2.05) is 12.1 Å². The molecule has 6 heteroatoms. The number of ether oxygens (including phenoxy) is 3. The molecule has 0 amide bonds. The molecule has 6 nitrogen and oxygen atoms in total. The second kappa shape index (κ2) is 11.1. The average Bonchev–Trinajstić information content (AvgIpc) is 2.75. The van der Waals surface area contributed by atoms with E-state index in [9.17, 15) is 14.4 Å². The minimum absolute atomic E-state index is 0.0379. The average molecular weight is 419 g/mol. The van der Waals surface area contributed by atoms with E-state index < -0.39 is 23.3 Å². The number of carbonyl (C=O) groups is 3. The molecule has 1 aliphatic rings. The predicted molar refractivity (Wildman–Crippen MR) is 113 cm³/mol. The van der Waals surface area contributed by atoms with Gasteiger partial charge in [0, 0.05) is 0 Å². The molecular weight excluding hydrogens is 384 g/mol. The van der Waals surface area contributed by atoms with Gasteiger partial charge in [0.15, 0.2) is 5.41 Å². The summed E-state index contributed by atoms with van der Waals surface area (Å²) in [6, 6.07) is 5.37. The van der Waals surface area contributed by atoms with E-state index in [1.54, 1.807) is 19.9 Å². The summed E-state index contributed by atoms with van der Waals surface area (Å²) in [5.41, 5.74) is 1.03. The first kappa shape index (κ1) is 23.9. The lowest BCUT2D eigenvalue weighted by Gasteiger charge is -2.38. The summed E-state index contributed by atoms with van der Waals surface area (Å²) in [5.74, 6) is -1.48. The fourth-order valence-electron chi connectivity index (χ4n) is 4.32. The minimum Gasteiger partial charge on any atom is -0.465 e. The van der Waals surface area contributed by atoms with Crippen molar-refractivity contribution in [1.29, 1.82) is 0 Å². The Hall–Kier alpha value is -2.37. The summed E-state index contributed by atoms with van der Waals surface area (Å²) in [4.78, 5) is 38.0. The summed E-state index contributed by atoms with van der Waals surface area (Å²) < 4.78 is 15.5. The van der Waals surface area contributed by atoms with Crippen LogP contribution in [-0.2, 0) is 30.2 Å². The van der Waals surface area contributed by atoms with Gasteiger partial charge in [-0.05, 0) is 62.3 Å². The number of unbranched alkanes of at least 4 members (excludes halogenated alkanes) is 3. The largest absolute Gasteiger partial charge is 0.465 e. The van der Waals surface area contributed by atoms with Crippen molar-refractivity contribution in [2.75, 3.05) is 20.3 Å². The van der Waals surface area contributed by atoms with Gasteiger partial charge in [-0.2, -0.15) is 0 Å². The standard InChI is InChI=1S/C24H34O6/c1-5-8-9-10-11-18-15-24(22(26)29-6-2,23(27)30-7-3)16-19-13-12-17(14-20(18)19)21(25)28-4/h12-14,18H,5-11,15-16H2,1-4H3/t18-/m1/s1. The number of rotatable bonds is 10. The van der Waals surface area contributed by atoms with Gasteiger partial charge in [-0.25, -0.2) is 4.79 Å². The van der Waals surface area contributed by atoms with Crippen LogP contribution in [0.25, 0.3) is 0 Å². The molecule has 0 aromatic heterocycles. The Morgan fingerprint density at radius 3 is 2.23 bits per heavy atom. The van der Waals surface area contributed by atoms with Gasteiger partial charge in [-0.1, -0.05) is 38.7 Å². The molecule has 1 aromatic rings. The zero-order chi connectivity index (χ0) is 22.1. The van der Waals surface area contributed by atoms with Crippen molar-refractivity contribution in [1.82, 2.24) is 0 Å². The van der Waals surface area contributed by atoms with Crippen LogP contribution in [0.3, 0.4) is 0 Å². The number of carbonyl (C=O) groups excluding carboxylic acids is 3. The third-order valence-electron chi connectivity index (χ3n) is 5.83. The maximum absolute atomic E-state index is 13.0. The normalized spacial score (nSPS) is 17.0. The monoisotopic (exact) mass is 418 g/mol. The van der Waals surface area contributed by atoms with Crippen LogP contribution in [0.2, 0.25) is 0 Å². The second-order valence-electron chi connectivity index (χ2n) is 7.86. The highest BCUT2D eigenvalue weighted by molar-refractivity contribution is 6.01. The first-order valence-electron chi connectivity index (χ1n) is 11.0. The van der Waals surface area contributed by atoms with Crippen LogP contribution in [0.15, 0.2) is 18.2 Å². The Kier molecular flexibility index (Phi) is 8.88. The molecule has 0 fully saturated rings. The maximum atomic E-state index is 13.0. The smallest absolute Gasteiger partial charge is 0.337 e. The van der Waals surface area contributed by atoms with Crippen molar-refractivity contribution >= 4 is 17.9 Å². The molecule has 1 atom stereocenters. The van der Waals surface area contributed by atoms with Gasteiger partial charge in [0.2, 0.25) is 0 Å². The van der Waals surface area contributed by atoms with E-state index >= 15 is 0 Å². The first-order chi connectivity index (χ1) is 14.4. The van der Waals surface area contributed by atoms with Crippen molar-refractivity contribution in [3.63, 3.8) is 0 Å². The molecule has 0 aliphatic heterocycles. The van der Waals surface area contributed by atoms with Gasteiger partial charge in [0.1, 0.15) is 0 Å². The van der Waals surface area contributed by atoms with Crippen molar-refractivity contribution in [2.24, 2.45) is 5.41 Å². The van der Waals surface area contributed by atoms with Crippen LogP contribution in [0.1, 0.15) is 86.7 Å². The van der Waals surface area contributed by atoms with E-state index in [4.69, 9.17) is 14.2 Å². The van der Waals surface area contributed by atoms with Gasteiger partial charge in [-0.3, -0.25) is 9.59 Å². The number of hydrogen-bond acceptors (Lipinski definition) is 6. The topological polar surface area (TPSA) is 78.9 Å². The molecule has 0 saturated heterocycles. The maximum Gasteiger partial charge on any atom is 0.337 e. The van der Waals surface area contributed by atoms with Crippen molar-refractivity contribution < 1.29 is 28.6 Å². The fourth-order valence-corrected chi connectivity index (χ4v) is 4.32. The molecule has 0 N–H and O–H groups in total. The Bertz CT molecular complexity index is 736. The number of benzene rings is 1. The molecule has 2 rings (SSSR count). The SMILES string of the molecule is CCCCCC[C@@H]1CC(C(=O)OCC)(C(=O)OCC)Cc2ccc(C(=O)OC)cc21. The van der Waals surface area contributed by atoms with E-state index in [-0.39, 0.29) is 25.6 Å². The molecule has 0 radical (unpaired) electrons. The summed E-state index contributed by atoms with van der Waals surface area (Å²) in [6.45, 7) is 6.03. The van der Waals surface area contributed by atoms with E-state index in [0.717, 1.165) is 43.2 Å². The third-order valence-corrected chi connectivity index (χ3v) is 5.83. The first-order valence-corrected chi connectivity index (χ1v) is 11.0. The Morgan fingerprint density at radius 1 is 1.00 bits per heavy atom. The van der Waals surface area contributed by atoms with Crippen LogP contribution >= 0.6 is 0 Å². The Labute approximate surface area is 179 Å². The zero-order valence-electron chi connectivity index (χ0n) is 18.6. The molecule has 0 spiro atoms. The molecule has 0 bridgehead atoms. The Balaban J connectivity index is 2.47. The molecule has 166 valence electrons. The highest BCUT2D eigenvalue weighted by atomic mass is 16.6. The van der Waals surface area contributed by atoms with Gasteiger partial charge in [0.05, 0.1) is 25.9 Å². The summed E-state index contributed by atoms with van der Waals surface area (Å²) in [5, 5.41) is 0. The highest BCUT2D eigenvalue weighted by Gasteiger charge is 2.53. The van der Waals surface area contributed by atoms with Crippen molar-refractivity contribution in [2.45, 2.75) is 71.6 Å². The lowest BCUT2D eigenvalue weighted by Crippen LogP contribution is -2.47. The second-order valence-corrected chi connectivity index (χ2v) is 7.86. The van der Waals surface area contributed by atoms with Gasteiger partial charge < -0.3 is 14.2 Å². The van der Waals surface area contributed by atoms with Gasteiger partial charge >= 0.3 is 17.9 Å². The highest BCUT2D eigenvalue weighted by Crippen LogP contribution is 2.46. The molecular formula is C24H34O6. The number of hydrogen-bond donors (Lipinski definition) is 0. The molecule has 1 aliphatic carbocycles. The van der Waals surface area contributed by atoms with E-state index in [0.29, 0.717) is 12.0 Å². The molecule has 30 heavy (non-hydrogen) atoms. The minimum atomic E-state index is -1.35. The predicted octanol–water partition coefficient (Wildman–Crippen LogP) is 4.59. The zero-order valence-corrected chi connectivity index (χ0v) is 18.6. The molecule has 0 heterocycles. The quantitative estimate of drug-likeness (QED) is 0.239. The van der Waals surface area contributed by atoms with Gasteiger partial charge in [0.25, 0.3) is 0 Å². The number of fused-ring (bicyclic) bond motifs is 1. The molecule has 0 unspecified atom stereocenters. The van der Waals surface area contributed by atoms with Crippen LogP contribution in [-0.4, -0.2) is 38.2 Å². The van der Waals surface area contributed by atoms with Crippen molar-refractivity contribution in [3.05, 3.63) is 34.9 Å². The van der Waals surface area contributed by atoms with Crippen molar-refractivity contribution in [3.8, 4) is 0 Å². The Morgan fingerprint density at radius 2 is 1.67 bits per heavy atom. The fraction of sp³-hybridized carbons (Fsp3) is 0.625. The lowest BCUT2D eigenvalue weighted by molar-refractivity contribution is -0.173. The number of esters is 3.